The summed E-state index contributed by atoms with van der Waals surface area (Å²) >= 11 is 6.63. The molecule has 9 heteroatoms. The molecule has 5 rings (SSSR count). The summed E-state index contributed by atoms with van der Waals surface area (Å²) in [5, 5.41) is 2.90. The third-order valence-electron chi connectivity index (χ3n) is 6.37. The molecule has 0 aromatic heterocycles. The van der Waals surface area contributed by atoms with Crippen molar-refractivity contribution >= 4 is 63.0 Å². The summed E-state index contributed by atoms with van der Waals surface area (Å²) < 4.78 is 6.10. The Balaban J connectivity index is 1.41. The van der Waals surface area contributed by atoms with E-state index in [0.717, 1.165) is 35.7 Å². The summed E-state index contributed by atoms with van der Waals surface area (Å²) in [6.45, 7) is 4.83. The van der Waals surface area contributed by atoms with Gasteiger partial charge in [-0.25, -0.2) is 0 Å². The predicted octanol–water partition coefficient (Wildman–Crippen LogP) is 4.04. The molecule has 3 aliphatic rings. The number of nitrogens with zero attached hydrogens (tertiary/aromatic N) is 2. The molecule has 2 aromatic carbocycles. The monoisotopic (exact) mass is 507 g/mol. The van der Waals surface area contributed by atoms with E-state index < -0.39 is 0 Å². The molecule has 2 fully saturated rings. The number of ether oxygens (including phenoxy) is 1. The van der Waals surface area contributed by atoms with Crippen LogP contribution in [0.4, 0.5) is 11.4 Å². The lowest BCUT2D eigenvalue weighted by Crippen LogP contribution is -2.36. The lowest BCUT2D eigenvalue weighted by molar-refractivity contribution is -0.123. The van der Waals surface area contributed by atoms with Crippen molar-refractivity contribution in [2.75, 3.05) is 29.9 Å². The number of aryl methyl sites for hydroxylation is 2. The van der Waals surface area contributed by atoms with Crippen molar-refractivity contribution < 1.29 is 19.1 Å². The Morgan fingerprint density at radius 1 is 1.14 bits per heavy atom. The number of hydrogen-bond acceptors (Lipinski definition) is 6. The van der Waals surface area contributed by atoms with Crippen molar-refractivity contribution in [3.8, 4) is 0 Å². The second-order valence-corrected chi connectivity index (χ2v) is 10.5. The maximum absolute atomic E-state index is 13.6. The molecule has 3 heterocycles. The number of nitrogens with one attached hydrogen (secondary N) is 1. The molecule has 3 aliphatic heterocycles. The first kappa shape index (κ1) is 23.7. The summed E-state index contributed by atoms with van der Waals surface area (Å²) in [4.78, 5) is 43.1. The second kappa shape index (κ2) is 9.56. The van der Waals surface area contributed by atoms with Crippen LogP contribution >= 0.6 is 24.0 Å². The third kappa shape index (κ3) is 4.51. The molecular formula is C26H25N3O4S2. The van der Waals surface area contributed by atoms with E-state index in [-0.39, 0.29) is 30.4 Å². The Labute approximate surface area is 213 Å². The number of anilines is 2. The number of carbonyl (C=O) groups is 3. The van der Waals surface area contributed by atoms with Gasteiger partial charge in [0.05, 0.1) is 28.8 Å². The van der Waals surface area contributed by atoms with Gasteiger partial charge >= 0.3 is 0 Å². The quantitative estimate of drug-likeness (QED) is 0.486. The van der Waals surface area contributed by atoms with Crippen molar-refractivity contribution in [2.45, 2.75) is 32.8 Å². The molecule has 0 bridgehead atoms. The fourth-order valence-corrected chi connectivity index (χ4v) is 5.99. The van der Waals surface area contributed by atoms with Gasteiger partial charge in [0.2, 0.25) is 5.91 Å². The zero-order chi connectivity index (χ0) is 24.7. The molecule has 0 saturated carbocycles. The van der Waals surface area contributed by atoms with Crippen molar-refractivity contribution in [2.24, 2.45) is 0 Å². The highest BCUT2D eigenvalue weighted by Gasteiger charge is 2.43. The van der Waals surface area contributed by atoms with Crippen LogP contribution in [-0.2, 0) is 19.1 Å². The zero-order valence-corrected chi connectivity index (χ0v) is 21.1. The molecule has 0 unspecified atom stereocenters. The molecule has 180 valence electrons. The molecular weight excluding hydrogens is 482 g/mol. The van der Waals surface area contributed by atoms with Crippen LogP contribution in [0, 0.1) is 13.8 Å². The minimum absolute atomic E-state index is 0.0427. The first-order valence-corrected chi connectivity index (χ1v) is 12.7. The first-order valence-electron chi connectivity index (χ1n) is 11.5. The average Bonchev–Trinajstić information content (AvgIpc) is 3.51. The zero-order valence-electron chi connectivity index (χ0n) is 19.5. The van der Waals surface area contributed by atoms with Crippen molar-refractivity contribution in [1.82, 2.24) is 4.90 Å². The van der Waals surface area contributed by atoms with Crippen LogP contribution in [0.5, 0.6) is 0 Å². The second-order valence-electron chi connectivity index (χ2n) is 8.90. The van der Waals surface area contributed by atoms with E-state index in [9.17, 15) is 14.4 Å². The molecule has 1 N–H and O–H groups in total. The number of para-hydroxylation sites is 1. The summed E-state index contributed by atoms with van der Waals surface area (Å²) in [7, 11) is 0. The molecule has 2 saturated heterocycles. The highest BCUT2D eigenvalue weighted by atomic mass is 32.2. The molecule has 0 spiro atoms. The molecule has 0 aliphatic carbocycles. The van der Waals surface area contributed by atoms with Gasteiger partial charge in [0.25, 0.3) is 11.8 Å². The molecule has 2 aromatic rings. The van der Waals surface area contributed by atoms with E-state index in [0.29, 0.717) is 44.9 Å². The SMILES string of the molecule is Cc1ccc(NC(=O)CN2C(=O)/C(=C3\SC(=S)N(C[C@@H]4CCCO4)C3=O)c3ccccc32)c(C)c1. The van der Waals surface area contributed by atoms with Gasteiger partial charge in [-0.1, -0.05) is 59.9 Å². The number of hydrogen-bond donors (Lipinski definition) is 1. The van der Waals surface area contributed by atoms with Crippen LogP contribution in [0.3, 0.4) is 0 Å². The summed E-state index contributed by atoms with van der Waals surface area (Å²) in [5.41, 5.74) is 4.29. The largest absolute Gasteiger partial charge is 0.376 e. The predicted molar refractivity (Wildman–Crippen MR) is 141 cm³/mol. The highest BCUT2D eigenvalue weighted by Crippen LogP contribution is 2.44. The maximum atomic E-state index is 13.6. The fraction of sp³-hybridized carbons (Fsp3) is 0.308. The first-order chi connectivity index (χ1) is 16.8. The number of thioether (sulfide) groups is 1. The van der Waals surface area contributed by atoms with Crippen LogP contribution in [0.15, 0.2) is 47.4 Å². The molecule has 1 atom stereocenters. The van der Waals surface area contributed by atoms with Gasteiger partial charge in [0.15, 0.2) is 0 Å². The summed E-state index contributed by atoms with van der Waals surface area (Å²) in [6.07, 6.45) is 1.80. The van der Waals surface area contributed by atoms with E-state index in [2.05, 4.69) is 5.32 Å². The summed E-state index contributed by atoms with van der Waals surface area (Å²) in [5.74, 6) is -0.970. The van der Waals surface area contributed by atoms with E-state index in [1.165, 1.54) is 9.80 Å². The Morgan fingerprint density at radius 3 is 2.69 bits per heavy atom. The minimum Gasteiger partial charge on any atom is -0.376 e. The van der Waals surface area contributed by atoms with E-state index >= 15 is 0 Å². The van der Waals surface area contributed by atoms with Gasteiger partial charge in [-0.15, -0.1) is 0 Å². The Hall–Kier alpha value is -3.01. The van der Waals surface area contributed by atoms with Gasteiger partial charge in [-0.05, 0) is 44.4 Å². The standard InChI is InChI=1S/C26H25N3O4S2/c1-15-9-10-19(16(2)12-15)27-21(30)14-28-20-8-4-3-7-18(20)22(24(28)31)23-25(32)29(26(34)35-23)13-17-6-5-11-33-17/h3-4,7-10,12,17H,5-6,11,13-14H2,1-2H3,(H,27,30)/b23-22-/t17-/m0/s1. The van der Waals surface area contributed by atoms with Crippen LogP contribution in [0.25, 0.3) is 5.57 Å². The smallest absolute Gasteiger partial charge is 0.267 e. The normalized spacial score (nSPS) is 21.8. The number of fused-ring (bicyclic) bond motifs is 1. The lowest BCUT2D eigenvalue weighted by Gasteiger charge is -2.18. The maximum Gasteiger partial charge on any atom is 0.267 e. The van der Waals surface area contributed by atoms with Gasteiger partial charge in [-0.2, -0.15) is 0 Å². The number of carbonyl (C=O) groups excluding carboxylic acids is 3. The third-order valence-corrected chi connectivity index (χ3v) is 7.82. The highest BCUT2D eigenvalue weighted by molar-refractivity contribution is 8.26. The van der Waals surface area contributed by atoms with Gasteiger partial charge in [0.1, 0.15) is 10.9 Å². The minimum atomic E-state index is -0.375. The number of amides is 3. The van der Waals surface area contributed by atoms with Crippen LogP contribution < -0.4 is 10.2 Å². The average molecular weight is 508 g/mol. The number of benzene rings is 2. The van der Waals surface area contributed by atoms with Crippen LogP contribution in [0.1, 0.15) is 29.5 Å². The summed E-state index contributed by atoms with van der Waals surface area (Å²) in [6, 6.07) is 13.0. The Kier molecular flexibility index (Phi) is 6.48. The van der Waals surface area contributed by atoms with Gasteiger partial charge in [-0.3, -0.25) is 24.2 Å². The molecule has 7 nitrogen and oxygen atoms in total. The van der Waals surface area contributed by atoms with E-state index in [1.807, 2.05) is 44.2 Å². The molecule has 0 radical (unpaired) electrons. The van der Waals surface area contributed by atoms with Gasteiger partial charge in [0, 0.05) is 17.9 Å². The molecule has 3 amide bonds. The van der Waals surface area contributed by atoms with E-state index in [1.54, 1.807) is 12.1 Å². The lowest BCUT2D eigenvalue weighted by atomic mass is 10.1. The number of thiocarbonyl (C=S) groups is 1. The fourth-order valence-electron chi connectivity index (χ4n) is 4.64. The van der Waals surface area contributed by atoms with Crippen molar-refractivity contribution in [3.63, 3.8) is 0 Å². The van der Waals surface area contributed by atoms with E-state index in [4.69, 9.17) is 17.0 Å². The Bertz CT molecular complexity index is 1280. The Morgan fingerprint density at radius 2 is 1.94 bits per heavy atom. The van der Waals surface area contributed by atoms with Crippen LogP contribution in [0.2, 0.25) is 0 Å². The van der Waals surface area contributed by atoms with Crippen LogP contribution in [-0.4, -0.2) is 52.7 Å². The number of rotatable bonds is 5. The van der Waals surface area contributed by atoms with Gasteiger partial charge < -0.3 is 10.1 Å². The topological polar surface area (TPSA) is 79.0 Å². The van der Waals surface area contributed by atoms with Crippen molar-refractivity contribution in [3.05, 3.63) is 64.1 Å². The molecule has 35 heavy (non-hydrogen) atoms. The van der Waals surface area contributed by atoms with Crippen molar-refractivity contribution in [1.29, 1.82) is 0 Å².